The summed E-state index contributed by atoms with van der Waals surface area (Å²) in [6, 6.07) is 0. The highest BCUT2D eigenvalue weighted by Gasteiger charge is 2.46. The van der Waals surface area contributed by atoms with E-state index in [1.165, 1.54) is 0 Å². The summed E-state index contributed by atoms with van der Waals surface area (Å²) in [5.74, 6) is -2.78. The lowest BCUT2D eigenvalue weighted by Gasteiger charge is -2.09. The van der Waals surface area contributed by atoms with Crippen molar-refractivity contribution in [3.8, 4) is 0 Å². The van der Waals surface area contributed by atoms with Gasteiger partial charge in [0.1, 0.15) is 5.92 Å². The van der Waals surface area contributed by atoms with Gasteiger partial charge < -0.3 is 5.32 Å². The largest absolute Gasteiger partial charge is 0.400 e. The van der Waals surface area contributed by atoms with E-state index in [-0.39, 0.29) is 6.42 Å². The van der Waals surface area contributed by atoms with Gasteiger partial charge in [-0.1, -0.05) is 0 Å². The van der Waals surface area contributed by atoms with E-state index in [9.17, 15) is 18.0 Å². The molecule has 1 heterocycles. The highest BCUT2D eigenvalue weighted by atomic mass is 19.4. The molecule has 1 rings (SSSR count). The zero-order valence-corrected chi connectivity index (χ0v) is 4.90. The predicted molar refractivity (Wildman–Crippen MR) is 26.6 cm³/mol. The van der Waals surface area contributed by atoms with Crippen LogP contribution in [0.25, 0.3) is 0 Å². The molecular formula is C5H5F3NO. The first kappa shape index (κ1) is 7.37. The molecule has 0 spiro atoms. The normalized spacial score (nSPS) is 26.7. The molecule has 0 aromatic heterocycles. The van der Waals surface area contributed by atoms with Crippen molar-refractivity contribution in [2.75, 3.05) is 0 Å². The molecule has 0 aliphatic carbocycles. The number of amides is 1. The number of halogens is 3. The molecule has 0 saturated carbocycles. The lowest BCUT2D eigenvalue weighted by atomic mass is 10.1. The van der Waals surface area contributed by atoms with E-state index in [0.29, 0.717) is 0 Å². The summed E-state index contributed by atoms with van der Waals surface area (Å²) < 4.78 is 35.2. The van der Waals surface area contributed by atoms with Crippen LogP contribution < -0.4 is 5.32 Å². The van der Waals surface area contributed by atoms with E-state index >= 15 is 0 Å². The Morgan fingerprint density at radius 2 is 2.20 bits per heavy atom. The van der Waals surface area contributed by atoms with Crippen molar-refractivity contribution >= 4 is 5.91 Å². The van der Waals surface area contributed by atoms with Gasteiger partial charge in [0, 0.05) is 0 Å². The third-order valence-electron chi connectivity index (χ3n) is 1.31. The monoisotopic (exact) mass is 152 g/mol. The Bertz CT molecular complexity index is 153. The summed E-state index contributed by atoms with van der Waals surface area (Å²) in [7, 11) is 0. The predicted octanol–water partition coefficient (Wildman–Crippen LogP) is 0.847. The average Bonchev–Trinajstić information content (AvgIpc) is 2.11. The van der Waals surface area contributed by atoms with Crippen LogP contribution in [0.3, 0.4) is 0 Å². The van der Waals surface area contributed by atoms with Crippen molar-refractivity contribution in [2.45, 2.75) is 12.6 Å². The number of nitrogens with one attached hydrogen (secondary N) is 1. The third kappa shape index (κ3) is 1.22. The first-order chi connectivity index (χ1) is 4.52. The number of rotatable bonds is 0. The van der Waals surface area contributed by atoms with Gasteiger partial charge in [-0.25, -0.2) is 0 Å². The Hall–Kier alpha value is -0.740. The SMILES string of the molecule is O=C1N[CH]CC1C(F)(F)F. The van der Waals surface area contributed by atoms with Crippen molar-refractivity contribution < 1.29 is 18.0 Å². The maximum absolute atomic E-state index is 11.7. The van der Waals surface area contributed by atoms with Crippen LogP contribution in [0.5, 0.6) is 0 Å². The van der Waals surface area contributed by atoms with Crippen LogP contribution in [0.1, 0.15) is 6.42 Å². The summed E-state index contributed by atoms with van der Waals surface area (Å²) in [4.78, 5) is 10.4. The minimum Gasteiger partial charge on any atom is -0.351 e. The standard InChI is InChI=1S/C5H5F3NO/c6-5(7,8)3-1-2-9-4(3)10/h2-3H,1H2,(H,9,10). The Morgan fingerprint density at radius 3 is 2.40 bits per heavy atom. The van der Waals surface area contributed by atoms with E-state index in [2.05, 4.69) is 0 Å². The molecule has 5 heteroatoms. The second-order valence-electron chi connectivity index (χ2n) is 2.04. The van der Waals surface area contributed by atoms with Gasteiger partial charge >= 0.3 is 6.18 Å². The molecule has 57 valence electrons. The molecule has 1 N–H and O–H groups in total. The van der Waals surface area contributed by atoms with Crippen LogP contribution >= 0.6 is 0 Å². The summed E-state index contributed by atoms with van der Waals surface area (Å²) in [6.07, 6.45) is -4.64. The Kier molecular flexibility index (Phi) is 1.58. The summed E-state index contributed by atoms with van der Waals surface area (Å²) in [5, 5.41) is 1.99. The minimum absolute atomic E-state index is 0.248. The van der Waals surface area contributed by atoms with Gasteiger partial charge in [-0.15, -0.1) is 0 Å². The maximum atomic E-state index is 11.7. The number of hydrogen-bond donors (Lipinski definition) is 1. The number of carbonyl (C=O) groups is 1. The van der Waals surface area contributed by atoms with Crippen molar-refractivity contribution in [1.82, 2.24) is 5.32 Å². The highest BCUT2D eigenvalue weighted by molar-refractivity contribution is 5.82. The first-order valence-electron chi connectivity index (χ1n) is 2.70. The fourth-order valence-corrected chi connectivity index (χ4v) is 0.767. The third-order valence-corrected chi connectivity index (χ3v) is 1.31. The molecule has 0 aromatic carbocycles. The van der Waals surface area contributed by atoms with Crippen LogP contribution in [0.4, 0.5) is 13.2 Å². The van der Waals surface area contributed by atoms with Gasteiger partial charge in [-0.05, 0) is 6.42 Å². The molecule has 1 saturated heterocycles. The van der Waals surface area contributed by atoms with Gasteiger partial charge in [-0.3, -0.25) is 4.79 Å². The van der Waals surface area contributed by atoms with Gasteiger partial charge in [0.15, 0.2) is 0 Å². The summed E-state index contributed by atoms with van der Waals surface area (Å²) in [6.45, 7) is 1.13. The Morgan fingerprint density at radius 1 is 1.60 bits per heavy atom. The summed E-state index contributed by atoms with van der Waals surface area (Å²) >= 11 is 0. The lowest BCUT2D eigenvalue weighted by Crippen LogP contribution is -2.30. The molecule has 1 fully saturated rings. The van der Waals surface area contributed by atoms with Gasteiger partial charge in [0.05, 0.1) is 6.54 Å². The fraction of sp³-hybridized carbons (Fsp3) is 0.600. The van der Waals surface area contributed by atoms with E-state index in [1.54, 1.807) is 0 Å². The van der Waals surface area contributed by atoms with Crippen LogP contribution in [0, 0.1) is 12.5 Å². The van der Waals surface area contributed by atoms with Gasteiger partial charge in [0.2, 0.25) is 5.91 Å². The van der Waals surface area contributed by atoms with E-state index in [1.807, 2.05) is 5.32 Å². The van der Waals surface area contributed by atoms with E-state index < -0.39 is 18.0 Å². The fourth-order valence-electron chi connectivity index (χ4n) is 0.767. The topological polar surface area (TPSA) is 29.1 Å². The Balaban J connectivity index is 2.64. The zero-order chi connectivity index (χ0) is 7.78. The lowest BCUT2D eigenvalue weighted by molar-refractivity contribution is -0.177. The average molecular weight is 152 g/mol. The number of carbonyl (C=O) groups excluding carboxylic acids is 1. The van der Waals surface area contributed by atoms with Gasteiger partial charge in [0.25, 0.3) is 0 Å². The second kappa shape index (κ2) is 2.14. The molecule has 1 aliphatic heterocycles. The highest BCUT2D eigenvalue weighted by Crippen LogP contribution is 2.31. The quantitative estimate of drug-likeness (QED) is 0.547. The van der Waals surface area contributed by atoms with Crippen LogP contribution in [-0.2, 0) is 4.79 Å². The molecule has 0 bridgehead atoms. The van der Waals surface area contributed by atoms with Crippen LogP contribution in [0.2, 0.25) is 0 Å². The minimum atomic E-state index is -4.39. The summed E-state index contributed by atoms with van der Waals surface area (Å²) in [5.41, 5.74) is 0. The molecular weight excluding hydrogens is 147 g/mol. The van der Waals surface area contributed by atoms with E-state index in [4.69, 9.17) is 0 Å². The van der Waals surface area contributed by atoms with E-state index in [0.717, 1.165) is 6.54 Å². The van der Waals surface area contributed by atoms with Crippen molar-refractivity contribution in [3.63, 3.8) is 0 Å². The molecule has 1 aliphatic rings. The first-order valence-corrected chi connectivity index (χ1v) is 2.70. The Labute approximate surface area is 55.4 Å². The smallest absolute Gasteiger partial charge is 0.351 e. The molecule has 2 nitrogen and oxygen atoms in total. The van der Waals surface area contributed by atoms with Crippen molar-refractivity contribution in [1.29, 1.82) is 0 Å². The van der Waals surface area contributed by atoms with Gasteiger partial charge in [-0.2, -0.15) is 13.2 Å². The molecule has 10 heavy (non-hydrogen) atoms. The molecule has 1 unspecified atom stereocenters. The van der Waals surface area contributed by atoms with Crippen LogP contribution in [-0.4, -0.2) is 12.1 Å². The van der Waals surface area contributed by atoms with Crippen LogP contribution in [0.15, 0.2) is 0 Å². The molecule has 1 amide bonds. The molecule has 1 radical (unpaired) electrons. The molecule has 1 atom stereocenters. The zero-order valence-electron chi connectivity index (χ0n) is 4.90. The number of hydrogen-bond acceptors (Lipinski definition) is 1. The number of alkyl halides is 3. The maximum Gasteiger partial charge on any atom is 0.400 e. The van der Waals surface area contributed by atoms with Crippen molar-refractivity contribution in [2.24, 2.45) is 5.92 Å². The van der Waals surface area contributed by atoms with Crippen molar-refractivity contribution in [3.05, 3.63) is 6.54 Å². The molecule has 0 aromatic rings. The second-order valence-corrected chi connectivity index (χ2v) is 2.04.